The Morgan fingerprint density at radius 3 is 2.50 bits per heavy atom. The van der Waals surface area contributed by atoms with Gasteiger partial charge in [-0.25, -0.2) is 8.78 Å². The minimum Gasteiger partial charge on any atom is -0.481 e. The highest BCUT2D eigenvalue weighted by Gasteiger charge is 2.56. The highest BCUT2D eigenvalue weighted by atomic mass is 19.4. The van der Waals surface area contributed by atoms with Crippen LogP contribution in [0.3, 0.4) is 0 Å². The molecule has 0 spiro atoms. The lowest BCUT2D eigenvalue weighted by molar-refractivity contribution is -0.153. The molecule has 3 unspecified atom stereocenters. The zero-order valence-corrected chi connectivity index (χ0v) is 18.1. The maximum absolute atomic E-state index is 14.3. The van der Waals surface area contributed by atoms with Crippen LogP contribution in [0.25, 0.3) is 0 Å². The Kier molecular flexibility index (Phi) is 6.82. The van der Waals surface area contributed by atoms with Crippen molar-refractivity contribution >= 4 is 5.97 Å². The van der Waals surface area contributed by atoms with Crippen LogP contribution in [0.2, 0.25) is 0 Å². The first-order valence-corrected chi connectivity index (χ1v) is 10.3. The zero-order valence-electron chi connectivity index (χ0n) is 18.1. The number of nitrogens with zero attached hydrogens (tertiary/aromatic N) is 1. The SMILES string of the molecule is C=CCC1(C(=O)O)C(C)NC(Cc2ccccc2F)=C(C#N)C1c1ccc(F)cc1C(F)(F)F. The minimum atomic E-state index is -5.02. The van der Waals surface area contributed by atoms with E-state index in [9.17, 15) is 37.1 Å². The van der Waals surface area contributed by atoms with Crippen molar-refractivity contribution in [2.24, 2.45) is 5.41 Å². The molecule has 2 aromatic carbocycles. The molecule has 0 saturated heterocycles. The van der Waals surface area contributed by atoms with Gasteiger partial charge in [-0.05, 0) is 42.7 Å². The molecule has 1 aliphatic heterocycles. The number of carboxylic acid groups (broad SMARTS) is 1. The van der Waals surface area contributed by atoms with E-state index in [1.807, 2.05) is 6.07 Å². The fourth-order valence-electron chi connectivity index (χ4n) is 4.65. The van der Waals surface area contributed by atoms with Gasteiger partial charge in [0.15, 0.2) is 0 Å². The first-order valence-electron chi connectivity index (χ1n) is 10.3. The average molecular weight is 476 g/mol. The lowest BCUT2D eigenvalue weighted by Crippen LogP contribution is -2.56. The van der Waals surface area contributed by atoms with Crippen LogP contribution in [0, 0.1) is 28.4 Å². The maximum Gasteiger partial charge on any atom is 0.416 e. The summed E-state index contributed by atoms with van der Waals surface area (Å²) >= 11 is 0. The van der Waals surface area contributed by atoms with E-state index in [1.54, 1.807) is 6.07 Å². The van der Waals surface area contributed by atoms with Crippen LogP contribution in [-0.2, 0) is 17.4 Å². The Labute approximate surface area is 193 Å². The highest BCUT2D eigenvalue weighted by Crippen LogP contribution is 2.53. The van der Waals surface area contributed by atoms with Gasteiger partial charge in [0.05, 0.1) is 17.2 Å². The van der Waals surface area contributed by atoms with Gasteiger partial charge in [0, 0.05) is 24.1 Å². The van der Waals surface area contributed by atoms with E-state index in [0.29, 0.717) is 0 Å². The van der Waals surface area contributed by atoms with Gasteiger partial charge < -0.3 is 10.4 Å². The summed E-state index contributed by atoms with van der Waals surface area (Å²) in [7, 11) is 0. The molecule has 0 fully saturated rings. The molecule has 0 aromatic heterocycles. The number of allylic oxidation sites excluding steroid dienone is 3. The van der Waals surface area contributed by atoms with Crippen LogP contribution in [-0.4, -0.2) is 17.1 Å². The third kappa shape index (κ3) is 4.28. The fourth-order valence-corrected chi connectivity index (χ4v) is 4.65. The Balaban J connectivity index is 2.38. The molecule has 1 aliphatic rings. The van der Waals surface area contributed by atoms with Crippen LogP contribution < -0.4 is 5.32 Å². The first kappa shape index (κ1) is 25.0. The Morgan fingerprint density at radius 2 is 1.94 bits per heavy atom. The molecule has 178 valence electrons. The van der Waals surface area contributed by atoms with Gasteiger partial charge >= 0.3 is 12.1 Å². The normalized spacial score (nSPS) is 22.6. The van der Waals surface area contributed by atoms with Gasteiger partial charge in [-0.1, -0.05) is 30.3 Å². The number of hydrogen-bond donors (Lipinski definition) is 2. The standard InChI is InChI=1S/C25H21F5N2O2/c1-3-10-24(23(33)34)14(2)32-21(11-15-6-4-5-7-20(15)27)18(13-31)22(24)17-9-8-16(26)12-19(17)25(28,29)30/h3-9,12,14,22,32H,1,10-11H2,2H3,(H,33,34). The molecule has 4 nitrogen and oxygen atoms in total. The third-order valence-corrected chi connectivity index (χ3v) is 6.25. The summed E-state index contributed by atoms with van der Waals surface area (Å²) in [5.41, 5.74) is -3.89. The smallest absolute Gasteiger partial charge is 0.416 e. The summed E-state index contributed by atoms with van der Waals surface area (Å²) in [5, 5.41) is 23.2. The minimum absolute atomic E-state index is 0.100. The molecular weight excluding hydrogens is 455 g/mol. The highest BCUT2D eigenvalue weighted by molar-refractivity contribution is 5.80. The van der Waals surface area contributed by atoms with E-state index in [1.165, 1.54) is 31.2 Å². The third-order valence-electron chi connectivity index (χ3n) is 6.25. The number of nitriles is 1. The quantitative estimate of drug-likeness (QED) is 0.413. The average Bonchev–Trinajstić information content (AvgIpc) is 2.76. The molecule has 2 N–H and O–H groups in total. The summed E-state index contributed by atoms with van der Waals surface area (Å²) in [6.07, 6.45) is -4.22. The molecule has 0 amide bonds. The lowest BCUT2D eigenvalue weighted by Gasteiger charge is -2.47. The topological polar surface area (TPSA) is 73.1 Å². The van der Waals surface area contributed by atoms with Gasteiger partial charge in [-0.2, -0.15) is 18.4 Å². The van der Waals surface area contributed by atoms with Crippen molar-refractivity contribution in [2.45, 2.75) is 37.9 Å². The largest absolute Gasteiger partial charge is 0.481 e. The van der Waals surface area contributed by atoms with Crippen LogP contribution in [0.4, 0.5) is 22.0 Å². The number of carbonyl (C=O) groups is 1. The number of aliphatic carboxylic acids is 1. The van der Waals surface area contributed by atoms with E-state index in [4.69, 9.17) is 0 Å². The van der Waals surface area contributed by atoms with Crippen LogP contribution >= 0.6 is 0 Å². The summed E-state index contributed by atoms with van der Waals surface area (Å²) in [6, 6.07) is 8.50. The van der Waals surface area contributed by atoms with Crippen LogP contribution in [0.15, 0.2) is 66.4 Å². The van der Waals surface area contributed by atoms with Gasteiger partial charge in [0.25, 0.3) is 0 Å². The molecule has 0 radical (unpaired) electrons. The second-order valence-electron chi connectivity index (χ2n) is 8.14. The van der Waals surface area contributed by atoms with Gasteiger partial charge in [-0.15, -0.1) is 6.58 Å². The summed E-state index contributed by atoms with van der Waals surface area (Å²) < 4.78 is 70.0. The first-order chi connectivity index (χ1) is 16.0. The molecule has 9 heteroatoms. The van der Waals surface area contributed by atoms with E-state index < -0.39 is 52.3 Å². The lowest BCUT2D eigenvalue weighted by atomic mass is 9.60. The van der Waals surface area contributed by atoms with Crippen LogP contribution in [0.5, 0.6) is 0 Å². The van der Waals surface area contributed by atoms with E-state index in [0.717, 1.165) is 12.1 Å². The molecule has 0 aliphatic carbocycles. The van der Waals surface area contributed by atoms with E-state index in [2.05, 4.69) is 11.9 Å². The monoisotopic (exact) mass is 476 g/mol. The van der Waals surface area contributed by atoms with Gasteiger partial charge in [-0.3, -0.25) is 4.79 Å². The summed E-state index contributed by atoms with van der Waals surface area (Å²) in [4.78, 5) is 12.6. The summed E-state index contributed by atoms with van der Waals surface area (Å²) in [6.45, 7) is 5.03. The molecule has 0 saturated carbocycles. The molecule has 3 rings (SSSR count). The molecule has 0 bridgehead atoms. The fraction of sp³-hybridized carbons (Fsp3) is 0.280. The molecule has 1 heterocycles. The molecule has 3 atom stereocenters. The number of carboxylic acids is 1. The molecule has 34 heavy (non-hydrogen) atoms. The number of halogens is 5. The maximum atomic E-state index is 14.3. The zero-order chi connectivity index (χ0) is 25.3. The van der Waals surface area contributed by atoms with Crippen molar-refractivity contribution < 1.29 is 31.9 Å². The number of hydrogen-bond acceptors (Lipinski definition) is 3. The number of alkyl halides is 3. The van der Waals surface area contributed by atoms with Crippen molar-refractivity contribution in [1.82, 2.24) is 5.32 Å². The van der Waals surface area contributed by atoms with Gasteiger partial charge in [0.2, 0.25) is 0 Å². The molecule has 2 aromatic rings. The Morgan fingerprint density at radius 1 is 1.26 bits per heavy atom. The van der Waals surface area contributed by atoms with Crippen LogP contribution in [0.1, 0.15) is 36.0 Å². The predicted molar refractivity (Wildman–Crippen MR) is 114 cm³/mol. The second-order valence-corrected chi connectivity index (χ2v) is 8.14. The molecular formula is C25H21F5N2O2. The Bertz CT molecular complexity index is 1200. The summed E-state index contributed by atoms with van der Waals surface area (Å²) in [5.74, 6) is -4.80. The number of rotatable bonds is 6. The number of nitrogens with one attached hydrogen (secondary N) is 1. The van der Waals surface area contributed by atoms with Crippen molar-refractivity contribution in [3.63, 3.8) is 0 Å². The van der Waals surface area contributed by atoms with Crippen molar-refractivity contribution in [1.29, 1.82) is 5.26 Å². The predicted octanol–water partition coefficient (Wildman–Crippen LogP) is 5.73. The van der Waals surface area contributed by atoms with E-state index in [-0.39, 0.29) is 35.7 Å². The second kappa shape index (κ2) is 9.29. The number of benzene rings is 2. The Hall–Kier alpha value is -3.67. The van der Waals surface area contributed by atoms with E-state index >= 15 is 0 Å². The van der Waals surface area contributed by atoms with Crippen molar-refractivity contribution in [2.75, 3.05) is 0 Å². The van der Waals surface area contributed by atoms with Crippen molar-refractivity contribution in [3.05, 3.63) is 94.7 Å². The van der Waals surface area contributed by atoms with Crippen molar-refractivity contribution in [3.8, 4) is 6.07 Å². The van der Waals surface area contributed by atoms with Gasteiger partial charge in [0.1, 0.15) is 17.0 Å².